The Kier molecular flexibility index (Phi) is 4.85. The van der Waals surface area contributed by atoms with Crippen molar-refractivity contribution >= 4 is 28.8 Å². The van der Waals surface area contributed by atoms with Crippen LogP contribution in [0.5, 0.6) is 5.75 Å². The zero-order valence-corrected chi connectivity index (χ0v) is 16.5. The highest BCUT2D eigenvalue weighted by Gasteiger charge is 2.27. The molecule has 0 saturated heterocycles. The lowest BCUT2D eigenvalue weighted by molar-refractivity contribution is 0.0938. The Bertz CT molecular complexity index is 998. The molecule has 138 valence electrons. The SMILES string of the molecule is Cc1cc(C)nc(-c2cccc3c2OC(CNC(=O)c2sccc2Cl)C3)n1. The second-order valence-electron chi connectivity index (χ2n) is 6.52. The molecule has 1 aliphatic heterocycles. The Morgan fingerprint density at radius 3 is 2.78 bits per heavy atom. The van der Waals surface area contributed by atoms with Gasteiger partial charge in [-0.05, 0) is 43.0 Å². The third kappa shape index (κ3) is 3.68. The number of aromatic nitrogens is 2. The number of carbonyl (C=O) groups excluding carboxylic acids is 1. The van der Waals surface area contributed by atoms with E-state index in [1.54, 1.807) is 11.4 Å². The summed E-state index contributed by atoms with van der Waals surface area (Å²) in [4.78, 5) is 21.9. The van der Waals surface area contributed by atoms with Crippen molar-refractivity contribution in [2.75, 3.05) is 6.54 Å². The maximum Gasteiger partial charge on any atom is 0.263 e. The van der Waals surface area contributed by atoms with E-state index in [1.165, 1.54) is 11.3 Å². The fraction of sp³-hybridized carbons (Fsp3) is 0.250. The molecule has 7 heteroatoms. The van der Waals surface area contributed by atoms with Gasteiger partial charge < -0.3 is 10.1 Å². The fourth-order valence-corrected chi connectivity index (χ4v) is 4.27. The van der Waals surface area contributed by atoms with Crippen LogP contribution in [0.2, 0.25) is 5.02 Å². The number of hydrogen-bond donors (Lipinski definition) is 1. The molecule has 0 aliphatic carbocycles. The molecule has 0 radical (unpaired) electrons. The summed E-state index contributed by atoms with van der Waals surface area (Å²) in [6.45, 7) is 4.32. The number of hydrogen-bond acceptors (Lipinski definition) is 5. The number of nitrogens with zero attached hydrogens (tertiary/aromatic N) is 2. The second kappa shape index (κ2) is 7.29. The first kappa shape index (κ1) is 17.9. The zero-order chi connectivity index (χ0) is 19.0. The number of para-hydroxylation sites is 1. The third-order valence-electron chi connectivity index (χ3n) is 4.37. The molecule has 1 aromatic carbocycles. The Hall–Kier alpha value is -2.44. The van der Waals surface area contributed by atoms with E-state index >= 15 is 0 Å². The number of amides is 1. The van der Waals surface area contributed by atoms with Crippen molar-refractivity contribution in [3.05, 3.63) is 62.6 Å². The number of nitrogens with one attached hydrogen (secondary N) is 1. The minimum atomic E-state index is -0.174. The average Bonchev–Trinajstić information content (AvgIpc) is 3.24. The van der Waals surface area contributed by atoms with Crippen molar-refractivity contribution in [1.29, 1.82) is 0 Å². The molecule has 4 rings (SSSR count). The summed E-state index contributed by atoms with van der Waals surface area (Å²) in [5.74, 6) is 1.29. The van der Waals surface area contributed by atoms with Gasteiger partial charge in [-0.25, -0.2) is 9.97 Å². The van der Waals surface area contributed by atoms with Crippen LogP contribution in [0.25, 0.3) is 11.4 Å². The van der Waals surface area contributed by atoms with Gasteiger partial charge in [0.2, 0.25) is 0 Å². The molecule has 0 saturated carbocycles. The first-order valence-electron chi connectivity index (χ1n) is 8.63. The molecule has 1 amide bonds. The maximum absolute atomic E-state index is 12.3. The van der Waals surface area contributed by atoms with Gasteiger partial charge in [0.25, 0.3) is 5.91 Å². The van der Waals surface area contributed by atoms with E-state index in [4.69, 9.17) is 16.3 Å². The van der Waals surface area contributed by atoms with Crippen LogP contribution in [-0.2, 0) is 6.42 Å². The quantitative estimate of drug-likeness (QED) is 0.713. The number of aryl methyl sites for hydroxylation is 2. The molecule has 3 heterocycles. The van der Waals surface area contributed by atoms with E-state index in [1.807, 2.05) is 38.1 Å². The predicted octanol–water partition coefficient (Wildman–Crippen LogP) is 4.21. The van der Waals surface area contributed by atoms with Gasteiger partial charge in [-0.3, -0.25) is 4.79 Å². The highest BCUT2D eigenvalue weighted by Crippen LogP contribution is 2.37. The van der Waals surface area contributed by atoms with Gasteiger partial charge in [0, 0.05) is 17.8 Å². The number of rotatable bonds is 4. The smallest absolute Gasteiger partial charge is 0.263 e. The molecule has 1 unspecified atom stereocenters. The summed E-state index contributed by atoms with van der Waals surface area (Å²) in [5.41, 5.74) is 3.83. The van der Waals surface area contributed by atoms with E-state index in [0.29, 0.717) is 22.3 Å². The molecule has 5 nitrogen and oxygen atoms in total. The number of ether oxygens (including phenoxy) is 1. The number of carbonyl (C=O) groups is 1. The molecule has 1 aliphatic rings. The Morgan fingerprint density at radius 2 is 2.07 bits per heavy atom. The van der Waals surface area contributed by atoms with Crippen molar-refractivity contribution in [3.63, 3.8) is 0 Å². The molecule has 0 spiro atoms. The van der Waals surface area contributed by atoms with Gasteiger partial charge in [-0.2, -0.15) is 0 Å². The van der Waals surface area contributed by atoms with Gasteiger partial charge in [-0.1, -0.05) is 23.7 Å². The van der Waals surface area contributed by atoms with Gasteiger partial charge in [0.05, 0.1) is 17.1 Å². The topological polar surface area (TPSA) is 64.1 Å². The lowest BCUT2D eigenvalue weighted by atomic mass is 10.1. The first-order valence-corrected chi connectivity index (χ1v) is 9.89. The summed E-state index contributed by atoms with van der Waals surface area (Å²) >= 11 is 7.35. The third-order valence-corrected chi connectivity index (χ3v) is 5.71. The standard InChI is InChI=1S/C20H18ClN3O2S/c1-11-8-12(2)24-19(23-11)15-5-3-4-13-9-14(26-17(13)15)10-22-20(25)18-16(21)6-7-27-18/h3-8,14H,9-10H2,1-2H3,(H,22,25). The van der Waals surface area contributed by atoms with Crippen molar-refractivity contribution in [2.24, 2.45) is 0 Å². The monoisotopic (exact) mass is 399 g/mol. The molecule has 1 atom stereocenters. The van der Waals surface area contributed by atoms with Crippen molar-refractivity contribution < 1.29 is 9.53 Å². The Labute approximate surface area is 166 Å². The summed E-state index contributed by atoms with van der Waals surface area (Å²) in [6.07, 6.45) is 0.599. The van der Waals surface area contributed by atoms with Crippen LogP contribution in [-0.4, -0.2) is 28.5 Å². The Morgan fingerprint density at radius 1 is 1.30 bits per heavy atom. The average molecular weight is 400 g/mol. The largest absolute Gasteiger partial charge is 0.487 e. The minimum Gasteiger partial charge on any atom is -0.487 e. The maximum atomic E-state index is 12.3. The highest BCUT2D eigenvalue weighted by atomic mass is 35.5. The van der Waals surface area contributed by atoms with Crippen molar-refractivity contribution in [1.82, 2.24) is 15.3 Å². The van der Waals surface area contributed by atoms with E-state index in [2.05, 4.69) is 15.3 Å². The zero-order valence-electron chi connectivity index (χ0n) is 15.0. The summed E-state index contributed by atoms with van der Waals surface area (Å²) in [7, 11) is 0. The van der Waals surface area contributed by atoms with E-state index < -0.39 is 0 Å². The minimum absolute atomic E-state index is 0.130. The van der Waals surface area contributed by atoms with Crippen LogP contribution in [0.15, 0.2) is 35.7 Å². The van der Waals surface area contributed by atoms with Crippen LogP contribution in [0.4, 0.5) is 0 Å². The van der Waals surface area contributed by atoms with Gasteiger partial charge in [-0.15, -0.1) is 11.3 Å². The van der Waals surface area contributed by atoms with Gasteiger partial charge >= 0.3 is 0 Å². The van der Waals surface area contributed by atoms with E-state index in [-0.39, 0.29) is 12.0 Å². The van der Waals surface area contributed by atoms with Crippen LogP contribution in [0.3, 0.4) is 0 Å². The summed E-state index contributed by atoms with van der Waals surface area (Å²) in [6, 6.07) is 9.67. The lowest BCUT2D eigenvalue weighted by Crippen LogP contribution is -2.34. The molecule has 0 bridgehead atoms. The van der Waals surface area contributed by atoms with Gasteiger partial charge in [0.15, 0.2) is 5.82 Å². The summed E-state index contributed by atoms with van der Waals surface area (Å²) in [5, 5.41) is 5.19. The predicted molar refractivity (Wildman–Crippen MR) is 107 cm³/mol. The van der Waals surface area contributed by atoms with Crippen LogP contribution in [0, 0.1) is 13.8 Å². The number of thiophene rings is 1. The Balaban J connectivity index is 1.50. The van der Waals surface area contributed by atoms with Gasteiger partial charge in [0.1, 0.15) is 16.7 Å². The van der Waals surface area contributed by atoms with Crippen LogP contribution < -0.4 is 10.1 Å². The van der Waals surface area contributed by atoms with Crippen LogP contribution >= 0.6 is 22.9 Å². The molecule has 2 aromatic heterocycles. The van der Waals surface area contributed by atoms with Crippen LogP contribution in [0.1, 0.15) is 26.6 Å². The van der Waals surface area contributed by atoms with E-state index in [0.717, 1.165) is 34.7 Å². The molecule has 0 fully saturated rings. The van der Waals surface area contributed by atoms with Crippen molar-refractivity contribution in [2.45, 2.75) is 26.4 Å². The lowest BCUT2D eigenvalue weighted by Gasteiger charge is -2.13. The summed E-state index contributed by atoms with van der Waals surface area (Å²) < 4.78 is 6.15. The van der Waals surface area contributed by atoms with E-state index in [9.17, 15) is 4.79 Å². The molecular weight excluding hydrogens is 382 g/mol. The molecular formula is C20H18ClN3O2S. The highest BCUT2D eigenvalue weighted by molar-refractivity contribution is 7.12. The fourth-order valence-electron chi connectivity index (χ4n) is 3.22. The second-order valence-corrected chi connectivity index (χ2v) is 7.84. The molecule has 27 heavy (non-hydrogen) atoms. The first-order chi connectivity index (χ1) is 13.0. The molecule has 1 N–H and O–H groups in total. The normalized spacial score (nSPS) is 15.3. The number of fused-ring (bicyclic) bond motifs is 1. The number of halogens is 1. The molecule has 3 aromatic rings. The number of benzene rings is 1. The van der Waals surface area contributed by atoms with Crippen molar-refractivity contribution in [3.8, 4) is 17.1 Å².